The van der Waals surface area contributed by atoms with Gasteiger partial charge in [0.25, 0.3) is 0 Å². The molecule has 1 saturated carbocycles. The third kappa shape index (κ3) is 6.21. The monoisotopic (exact) mass is 271 g/mol. The lowest BCUT2D eigenvalue weighted by Gasteiger charge is -2.38. The van der Waals surface area contributed by atoms with Crippen molar-refractivity contribution in [1.29, 1.82) is 0 Å². The van der Waals surface area contributed by atoms with Crippen LogP contribution in [0.15, 0.2) is 0 Å². The molecule has 0 heterocycles. The van der Waals surface area contributed by atoms with Crippen molar-refractivity contribution < 1.29 is 0 Å². The molecular formula is C14H33NSi2. The molecule has 0 atom stereocenters. The third-order valence-electron chi connectivity index (χ3n) is 4.31. The topological polar surface area (TPSA) is 12.0 Å². The Morgan fingerprint density at radius 1 is 1.12 bits per heavy atom. The summed E-state index contributed by atoms with van der Waals surface area (Å²) in [6, 6.07) is 3.03. The summed E-state index contributed by atoms with van der Waals surface area (Å²) in [4.78, 5) is 3.96. The molecule has 0 aromatic rings. The summed E-state index contributed by atoms with van der Waals surface area (Å²) >= 11 is 0. The molecule has 0 aromatic heterocycles. The summed E-state index contributed by atoms with van der Waals surface area (Å²) in [5, 5.41) is 0. The van der Waals surface area contributed by atoms with Crippen molar-refractivity contribution in [2.24, 2.45) is 5.92 Å². The van der Waals surface area contributed by atoms with Gasteiger partial charge in [-0.15, -0.1) is 0 Å². The smallest absolute Gasteiger partial charge is 0.0919 e. The predicted molar refractivity (Wildman–Crippen MR) is 85.3 cm³/mol. The van der Waals surface area contributed by atoms with E-state index in [9.17, 15) is 0 Å². The first-order chi connectivity index (χ1) is 7.81. The average molecular weight is 272 g/mol. The van der Waals surface area contributed by atoms with Gasteiger partial charge in [0.05, 0.1) is 9.68 Å². The van der Waals surface area contributed by atoms with Gasteiger partial charge >= 0.3 is 0 Å². The van der Waals surface area contributed by atoms with E-state index < -0.39 is 8.07 Å². The van der Waals surface area contributed by atoms with E-state index in [4.69, 9.17) is 0 Å². The minimum atomic E-state index is -0.798. The Hall–Kier alpha value is 0.394. The molecule has 0 spiro atoms. The highest BCUT2D eigenvalue weighted by atomic mass is 28.3. The van der Waals surface area contributed by atoms with Gasteiger partial charge in [0.15, 0.2) is 0 Å². The van der Waals surface area contributed by atoms with Crippen LogP contribution in [0.25, 0.3) is 0 Å². The van der Waals surface area contributed by atoms with Crippen molar-refractivity contribution in [2.45, 2.75) is 83.2 Å². The van der Waals surface area contributed by atoms with Crippen LogP contribution < -0.4 is 4.98 Å². The van der Waals surface area contributed by atoms with E-state index in [0.29, 0.717) is 5.54 Å². The molecule has 3 heteroatoms. The van der Waals surface area contributed by atoms with Crippen molar-refractivity contribution in [1.82, 2.24) is 4.98 Å². The summed E-state index contributed by atoms with van der Waals surface area (Å²) in [5.41, 5.74) is 0.423. The number of rotatable bonds is 6. The highest BCUT2D eigenvalue weighted by molar-refractivity contribution is 6.76. The Morgan fingerprint density at radius 2 is 1.71 bits per heavy atom. The van der Waals surface area contributed by atoms with Crippen LogP contribution in [-0.4, -0.2) is 23.3 Å². The van der Waals surface area contributed by atoms with E-state index in [1.807, 2.05) is 0 Å². The fourth-order valence-corrected chi connectivity index (χ4v) is 9.06. The predicted octanol–water partition coefficient (Wildman–Crippen LogP) is 3.78. The van der Waals surface area contributed by atoms with Crippen LogP contribution in [0.2, 0.25) is 31.7 Å². The minimum Gasteiger partial charge on any atom is -0.337 e. The summed E-state index contributed by atoms with van der Waals surface area (Å²) in [6.45, 7) is 12.4. The first-order valence-electron chi connectivity index (χ1n) is 7.56. The zero-order valence-corrected chi connectivity index (χ0v) is 15.1. The SMILES string of the molecule is CC(C)(N[SiH2]CC[Si](C)(C)C)C1CCCCC1. The highest BCUT2D eigenvalue weighted by Gasteiger charge is 2.29. The van der Waals surface area contributed by atoms with Gasteiger partial charge in [0.2, 0.25) is 0 Å². The summed E-state index contributed by atoms with van der Waals surface area (Å²) in [7, 11) is -0.831. The van der Waals surface area contributed by atoms with Gasteiger partial charge in [-0.3, -0.25) is 0 Å². The molecule has 1 aliphatic carbocycles. The van der Waals surface area contributed by atoms with Crippen LogP contribution in [0.5, 0.6) is 0 Å². The normalized spacial score (nSPS) is 20.3. The minimum absolute atomic E-state index is 0.0330. The summed E-state index contributed by atoms with van der Waals surface area (Å²) < 4.78 is 0. The Balaban J connectivity index is 2.24. The Labute approximate surface area is 112 Å². The molecule has 0 saturated heterocycles. The quantitative estimate of drug-likeness (QED) is 0.573. The summed E-state index contributed by atoms with van der Waals surface area (Å²) in [6.07, 6.45) is 7.32. The van der Waals surface area contributed by atoms with E-state index in [-0.39, 0.29) is 9.68 Å². The van der Waals surface area contributed by atoms with Crippen LogP contribution in [0.3, 0.4) is 0 Å². The van der Waals surface area contributed by atoms with Crippen molar-refractivity contribution in [2.75, 3.05) is 0 Å². The van der Waals surface area contributed by atoms with Crippen molar-refractivity contribution in [3.05, 3.63) is 0 Å². The van der Waals surface area contributed by atoms with Crippen molar-refractivity contribution in [3.8, 4) is 0 Å². The van der Waals surface area contributed by atoms with Gasteiger partial charge in [-0.2, -0.15) is 0 Å². The van der Waals surface area contributed by atoms with E-state index >= 15 is 0 Å². The molecule has 1 fully saturated rings. The molecule has 0 aromatic carbocycles. The molecule has 102 valence electrons. The maximum atomic E-state index is 3.96. The fraction of sp³-hybridized carbons (Fsp3) is 1.00. The molecular weight excluding hydrogens is 238 g/mol. The molecule has 0 unspecified atom stereocenters. The van der Waals surface area contributed by atoms with Gasteiger partial charge in [0.1, 0.15) is 0 Å². The Bertz CT molecular complexity index is 215. The van der Waals surface area contributed by atoms with E-state index in [0.717, 1.165) is 5.92 Å². The average Bonchev–Trinajstić information content (AvgIpc) is 2.25. The van der Waals surface area contributed by atoms with Crippen molar-refractivity contribution in [3.63, 3.8) is 0 Å². The molecule has 0 amide bonds. The lowest BCUT2D eigenvalue weighted by atomic mass is 9.77. The second-order valence-corrected chi connectivity index (χ2v) is 14.8. The van der Waals surface area contributed by atoms with Crippen LogP contribution in [0.1, 0.15) is 46.0 Å². The number of nitrogens with one attached hydrogen (secondary N) is 1. The molecule has 1 aliphatic rings. The van der Waals surface area contributed by atoms with Gasteiger partial charge in [-0.05, 0) is 32.6 Å². The van der Waals surface area contributed by atoms with Gasteiger partial charge in [0, 0.05) is 13.6 Å². The first-order valence-corrected chi connectivity index (χ1v) is 13.0. The Kier molecular flexibility index (Phi) is 5.93. The first kappa shape index (κ1) is 15.5. The lowest BCUT2D eigenvalue weighted by Crippen LogP contribution is -2.48. The van der Waals surface area contributed by atoms with Gasteiger partial charge in [-0.1, -0.05) is 51.0 Å². The standard InChI is InChI=1S/C14H33NSi2/c1-14(2,13-9-7-6-8-10-13)15-16-11-12-17(3,4)5/h13,15H,6-12,16H2,1-5H3. The van der Waals surface area contributed by atoms with Gasteiger partial charge in [-0.25, -0.2) is 0 Å². The highest BCUT2D eigenvalue weighted by Crippen LogP contribution is 2.32. The maximum absolute atomic E-state index is 3.96. The second kappa shape index (κ2) is 6.53. The summed E-state index contributed by atoms with van der Waals surface area (Å²) in [5.74, 6) is 0.940. The van der Waals surface area contributed by atoms with Crippen LogP contribution >= 0.6 is 0 Å². The number of hydrogen-bond donors (Lipinski definition) is 1. The molecule has 0 bridgehead atoms. The van der Waals surface area contributed by atoms with Crippen molar-refractivity contribution >= 4 is 17.8 Å². The number of hydrogen-bond acceptors (Lipinski definition) is 1. The zero-order chi connectivity index (χ0) is 12.9. The fourth-order valence-electron chi connectivity index (χ4n) is 3.00. The Morgan fingerprint density at radius 3 is 2.24 bits per heavy atom. The molecule has 0 radical (unpaired) electrons. The zero-order valence-electron chi connectivity index (χ0n) is 12.7. The van der Waals surface area contributed by atoms with Crippen LogP contribution in [0, 0.1) is 5.92 Å². The van der Waals surface area contributed by atoms with Gasteiger partial charge < -0.3 is 4.98 Å². The molecule has 17 heavy (non-hydrogen) atoms. The van der Waals surface area contributed by atoms with E-state index in [1.54, 1.807) is 0 Å². The maximum Gasteiger partial charge on any atom is 0.0919 e. The molecule has 1 rings (SSSR count). The third-order valence-corrected chi connectivity index (χ3v) is 8.74. The molecule has 1 N–H and O–H groups in total. The van der Waals surface area contributed by atoms with Crippen LogP contribution in [0.4, 0.5) is 0 Å². The van der Waals surface area contributed by atoms with Crippen LogP contribution in [-0.2, 0) is 0 Å². The second-order valence-electron chi connectivity index (χ2n) is 7.65. The van der Waals surface area contributed by atoms with E-state index in [2.05, 4.69) is 38.5 Å². The molecule has 0 aliphatic heterocycles. The molecule has 1 nitrogen and oxygen atoms in total. The lowest BCUT2D eigenvalue weighted by molar-refractivity contribution is 0.222. The largest absolute Gasteiger partial charge is 0.337 e. The van der Waals surface area contributed by atoms with E-state index in [1.165, 1.54) is 44.2 Å².